The van der Waals surface area contributed by atoms with Crippen molar-refractivity contribution in [2.75, 3.05) is 11.9 Å². The Morgan fingerprint density at radius 2 is 2.27 bits per heavy atom. The molecule has 1 aliphatic heterocycles. The number of H-pyrrole nitrogens is 1. The van der Waals surface area contributed by atoms with Gasteiger partial charge in [-0.05, 0) is 23.8 Å². The van der Waals surface area contributed by atoms with Gasteiger partial charge in [0.25, 0.3) is 0 Å². The van der Waals surface area contributed by atoms with Crippen LogP contribution in [-0.4, -0.2) is 26.0 Å². The standard InChI is InChI=1S/C21H15FN6O2/c22-17-1-2-18-14(4-6-30-18)16(17)10-26-21-25-9-15(12-3-5-24-19(29)7-12)20-27-13(8-23)11-28(20)21/h1-3,5,7,9,11H,4,6,10H2,(H,24,29)(H,25,26). The highest BCUT2D eigenvalue weighted by Crippen LogP contribution is 2.31. The Morgan fingerprint density at radius 1 is 1.37 bits per heavy atom. The summed E-state index contributed by atoms with van der Waals surface area (Å²) in [4.78, 5) is 23.0. The van der Waals surface area contributed by atoms with Gasteiger partial charge in [-0.15, -0.1) is 0 Å². The first kappa shape index (κ1) is 17.9. The summed E-state index contributed by atoms with van der Waals surface area (Å²) < 4.78 is 21.6. The van der Waals surface area contributed by atoms with E-state index in [1.165, 1.54) is 18.3 Å². The van der Waals surface area contributed by atoms with Crippen molar-refractivity contribution in [2.24, 2.45) is 0 Å². The Bertz CT molecular complexity index is 1380. The zero-order chi connectivity index (χ0) is 20.7. The SMILES string of the molecule is N#Cc1cn2c(NCc3c(F)ccc4c3CCO4)ncc(-c3cc[nH]c(=O)c3)c2n1. The van der Waals surface area contributed by atoms with Crippen LogP contribution in [0, 0.1) is 17.1 Å². The predicted octanol–water partition coefficient (Wildman–Crippen LogP) is 2.64. The van der Waals surface area contributed by atoms with Crippen LogP contribution in [0.4, 0.5) is 10.3 Å². The minimum Gasteiger partial charge on any atom is -0.493 e. The summed E-state index contributed by atoms with van der Waals surface area (Å²) in [6, 6.07) is 8.22. The lowest BCUT2D eigenvalue weighted by molar-refractivity contribution is 0.356. The molecule has 0 fully saturated rings. The summed E-state index contributed by atoms with van der Waals surface area (Å²) in [5.74, 6) is 0.792. The molecule has 4 heterocycles. The molecule has 4 aromatic rings. The minimum atomic E-state index is -0.313. The maximum atomic E-state index is 14.4. The average molecular weight is 402 g/mol. The number of aromatic amines is 1. The van der Waals surface area contributed by atoms with Crippen molar-refractivity contribution in [3.8, 4) is 22.9 Å². The lowest BCUT2D eigenvalue weighted by Gasteiger charge is -2.13. The number of ether oxygens (including phenoxy) is 1. The molecule has 0 aliphatic carbocycles. The van der Waals surface area contributed by atoms with Crippen molar-refractivity contribution in [3.05, 3.63) is 75.8 Å². The maximum Gasteiger partial charge on any atom is 0.248 e. The van der Waals surface area contributed by atoms with Gasteiger partial charge in [0.2, 0.25) is 11.5 Å². The maximum absolute atomic E-state index is 14.4. The number of aromatic nitrogens is 4. The largest absolute Gasteiger partial charge is 0.493 e. The van der Waals surface area contributed by atoms with Crippen LogP contribution in [0.3, 0.4) is 0 Å². The first-order chi connectivity index (χ1) is 14.6. The van der Waals surface area contributed by atoms with Crippen LogP contribution in [0.1, 0.15) is 16.8 Å². The Morgan fingerprint density at radius 3 is 3.10 bits per heavy atom. The number of nitriles is 1. The first-order valence-electron chi connectivity index (χ1n) is 9.28. The lowest BCUT2D eigenvalue weighted by Crippen LogP contribution is -2.10. The number of imidazole rings is 1. The molecule has 9 heteroatoms. The fourth-order valence-electron chi connectivity index (χ4n) is 3.65. The first-order valence-corrected chi connectivity index (χ1v) is 9.28. The van der Waals surface area contributed by atoms with E-state index in [9.17, 15) is 14.4 Å². The number of hydrogen-bond donors (Lipinski definition) is 2. The zero-order valence-electron chi connectivity index (χ0n) is 15.6. The van der Waals surface area contributed by atoms with Gasteiger partial charge < -0.3 is 15.0 Å². The third kappa shape index (κ3) is 2.95. The molecule has 0 saturated carbocycles. The summed E-state index contributed by atoms with van der Waals surface area (Å²) in [5, 5.41) is 12.4. The molecule has 0 unspecified atom stereocenters. The van der Waals surface area contributed by atoms with Crippen LogP contribution >= 0.6 is 0 Å². The highest BCUT2D eigenvalue weighted by Gasteiger charge is 2.20. The van der Waals surface area contributed by atoms with Gasteiger partial charge in [-0.2, -0.15) is 5.26 Å². The second kappa shape index (κ2) is 7.00. The van der Waals surface area contributed by atoms with Gasteiger partial charge in [0.05, 0.1) is 12.8 Å². The predicted molar refractivity (Wildman–Crippen MR) is 107 cm³/mol. The summed E-state index contributed by atoms with van der Waals surface area (Å²) in [6.07, 6.45) is 5.32. The summed E-state index contributed by atoms with van der Waals surface area (Å²) >= 11 is 0. The fraction of sp³-hybridized carbons (Fsp3) is 0.143. The Labute approximate surface area is 169 Å². The Hall–Kier alpha value is -4.19. The van der Waals surface area contributed by atoms with Crippen LogP contribution in [0.25, 0.3) is 16.8 Å². The number of hydrogen-bond acceptors (Lipinski definition) is 6. The second-order valence-corrected chi connectivity index (χ2v) is 6.82. The molecule has 0 bridgehead atoms. The smallest absolute Gasteiger partial charge is 0.248 e. The molecular weight excluding hydrogens is 387 g/mol. The summed E-state index contributed by atoms with van der Waals surface area (Å²) in [6.45, 7) is 0.733. The van der Waals surface area contributed by atoms with Gasteiger partial charge in [-0.1, -0.05) is 0 Å². The average Bonchev–Trinajstić information content (AvgIpc) is 3.40. The van der Waals surface area contributed by atoms with Crippen LogP contribution in [-0.2, 0) is 13.0 Å². The van der Waals surface area contributed by atoms with Gasteiger partial charge in [-0.25, -0.2) is 14.4 Å². The number of rotatable bonds is 4. The van der Waals surface area contributed by atoms with E-state index in [4.69, 9.17) is 4.74 Å². The number of benzene rings is 1. The Kier molecular flexibility index (Phi) is 4.17. The van der Waals surface area contributed by atoms with Gasteiger partial charge in [0.15, 0.2) is 11.3 Å². The molecule has 30 heavy (non-hydrogen) atoms. The molecule has 148 valence electrons. The van der Waals surface area contributed by atoms with E-state index in [0.29, 0.717) is 47.1 Å². The van der Waals surface area contributed by atoms with Crippen molar-refractivity contribution >= 4 is 11.6 Å². The molecule has 3 aromatic heterocycles. The van der Waals surface area contributed by atoms with Crippen LogP contribution < -0.4 is 15.6 Å². The molecule has 1 aromatic carbocycles. The van der Waals surface area contributed by atoms with Crippen molar-refractivity contribution in [1.82, 2.24) is 19.4 Å². The third-order valence-corrected chi connectivity index (χ3v) is 5.06. The molecule has 0 radical (unpaired) electrons. The lowest BCUT2D eigenvalue weighted by atomic mass is 10.0. The molecule has 8 nitrogen and oxygen atoms in total. The van der Waals surface area contributed by atoms with Crippen molar-refractivity contribution < 1.29 is 9.13 Å². The summed E-state index contributed by atoms with van der Waals surface area (Å²) in [5.41, 5.74) is 3.03. The van der Waals surface area contributed by atoms with Crippen molar-refractivity contribution in [2.45, 2.75) is 13.0 Å². The number of pyridine rings is 1. The molecule has 0 atom stereocenters. The number of nitrogens with zero attached hydrogens (tertiary/aromatic N) is 4. The molecule has 5 rings (SSSR count). The van der Waals surface area contributed by atoms with Gasteiger partial charge in [-0.3, -0.25) is 9.20 Å². The Balaban J connectivity index is 1.56. The molecule has 0 spiro atoms. The van der Waals surface area contributed by atoms with E-state index in [1.807, 2.05) is 6.07 Å². The topological polar surface area (TPSA) is 108 Å². The minimum absolute atomic E-state index is 0.199. The third-order valence-electron chi connectivity index (χ3n) is 5.06. The van der Waals surface area contributed by atoms with Gasteiger partial charge in [0, 0.05) is 48.1 Å². The van der Waals surface area contributed by atoms with E-state index in [1.54, 1.807) is 28.9 Å². The number of fused-ring (bicyclic) bond motifs is 2. The molecule has 0 saturated heterocycles. The highest BCUT2D eigenvalue weighted by atomic mass is 19.1. The van der Waals surface area contributed by atoms with Crippen molar-refractivity contribution in [3.63, 3.8) is 0 Å². The quantitative estimate of drug-likeness (QED) is 0.543. The van der Waals surface area contributed by atoms with Crippen LogP contribution in [0.5, 0.6) is 5.75 Å². The van der Waals surface area contributed by atoms with Crippen LogP contribution in [0.15, 0.2) is 47.7 Å². The zero-order valence-corrected chi connectivity index (χ0v) is 15.6. The molecule has 0 amide bonds. The van der Waals surface area contributed by atoms with E-state index in [-0.39, 0.29) is 23.6 Å². The molecule has 2 N–H and O–H groups in total. The van der Waals surface area contributed by atoms with Gasteiger partial charge >= 0.3 is 0 Å². The fourth-order valence-corrected chi connectivity index (χ4v) is 3.65. The highest BCUT2D eigenvalue weighted by molar-refractivity contribution is 5.78. The van der Waals surface area contributed by atoms with Crippen LogP contribution in [0.2, 0.25) is 0 Å². The van der Waals surface area contributed by atoms with E-state index >= 15 is 0 Å². The second-order valence-electron chi connectivity index (χ2n) is 6.82. The monoisotopic (exact) mass is 402 g/mol. The normalized spacial score (nSPS) is 12.4. The number of halogens is 1. The van der Waals surface area contributed by atoms with E-state index < -0.39 is 0 Å². The number of anilines is 1. The number of nitrogens with one attached hydrogen (secondary N) is 2. The molecule has 1 aliphatic rings. The molecular formula is C21H15FN6O2. The van der Waals surface area contributed by atoms with Gasteiger partial charge in [0.1, 0.15) is 17.6 Å². The van der Waals surface area contributed by atoms with E-state index in [0.717, 1.165) is 5.56 Å². The van der Waals surface area contributed by atoms with E-state index in [2.05, 4.69) is 20.3 Å². The van der Waals surface area contributed by atoms with Crippen molar-refractivity contribution in [1.29, 1.82) is 5.26 Å². The summed E-state index contributed by atoms with van der Waals surface area (Å²) in [7, 11) is 0.